The predicted octanol–water partition coefficient (Wildman–Crippen LogP) is 2.59. The van der Waals surface area contributed by atoms with Crippen molar-refractivity contribution in [2.75, 3.05) is 20.1 Å². The van der Waals surface area contributed by atoms with Gasteiger partial charge in [-0.15, -0.1) is 12.4 Å². The lowest BCUT2D eigenvalue weighted by Crippen LogP contribution is -2.45. The highest BCUT2D eigenvalue weighted by Crippen LogP contribution is 2.37. The Labute approximate surface area is 131 Å². The van der Waals surface area contributed by atoms with E-state index in [0.29, 0.717) is 5.75 Å². The highest BCUT2D eigenvalue weighted by atomic mass is 35.5. The average molecular weight is 312 g/mol. The highest BCUT2D eigenvalue weighted by Gasteiger charge is 2.39. The van der Waals surface area contributed by atoms with E-state index in [1.54, 1.807) is 13.0 Å². The minimum Gasteiger partial charge on any atom is -0.427 e. The van der Waals surface area contributed by atoms with Gasteiger partial charge in [0.25, 0.3) is 0 Å². The van der Waals surface area contributed by atoms with Gasteiger partial charge in [0.15, 0.2) is 0 Å². The molecule has 0 aliphatic carbocycles. The molecule has 116 valence electrons. The second-order valence-electron chi connectivity index (χ2n) is 5.56. The molecule has 0 amide bonds. The van der Waals surface area contributed by atoms with Gasteiger partial charge in [-0.05, 0) is 57.6 Å². The lowest BCUT2D eigenvalue weighted by atomic mass is 9.70. The van der Waals surface area contributed by atoms with Crippen molar-refractivity contribution >= 4 is 24.2 Å². The molecule has 0 spiro atoms. The molecule has 1 fully saturated rings. The first-order valence-electron chi connectivity index (χ1n) is 6.92. The van der Waals surface area contributed by atoms with E-state index in [-0.39, 0.29) is 24.2 Å². The van der Waals surface area contributed by atoms with Gasteiger partial charge in [-0.25, -0.2) is 0 Å². The maximum atomic E-state index is 12.2. The molecule has 4 nitrogen and oxygen atoms in total. The summed E-state index contributed by atoms with van der Waals surface area (Å²) in [4.78, 5) is 25.5. The van der Waals surface area contributed by atoms with Crippen molar-refractivity contribution in [3.8, 4) is 5.75 Å². The van der Waals surface area contributed by atoms with Crippen LogP contribution in [0.2, 0.25) is 0 Å². The Morgan fingerprint density at radius 1 is 1.19 bits per heavy atom. The topological polar surface area (TPSA) is 46.6 Å². The Bertz CT molecular complexity index is 522. The van der Waals surface area contributed by atoms with Crippen molar-refractivity contribution < 1.29 is 14.3 Å². The van der Waals surface area contributed by atoms with Crippen molar-refractivity contribution in [1.82, 2.24) is 4.90 Å². The number of esters is 1. The molecule has 1 aliphatic heterocycles. The summed E-state index contributed by atoms with van der Waals surface area (Å²) in [6.07, 6.45) is 1.62. The van der Waals surface area contributed by atoms with Crippen LogP contribution >= 0.6 is 12.4 Å². The third-order valence-electron chi connectivity index (χ3n) is 4.16. The number of hydrogen-bond donors (Lipinski definition) is 0. The number of piperidine rings is 1. The zero-order valence-electron chi connectivity index (χ0n) is 12.7. The quantitative estimate of drug-likeness (QED) is 0.636. The van der Waals surface area contributed by atoms with E-state index >= 15 is 0 Å². The molecular formula is C16H22ClNO3. The van der Waals surface area contributed by atoms with Crippen LogP contribution in [0.15, 0.2) is 24.3 Å². The van der Waals surface area contributed by atoms with E-state index in [4.69, 9.17) is 4.74 Å². The Morgan fingerprint density at radius 3 is 2.33 bits per heavy atom. The van der Waals surface area contributed by atoms with Crippen molar-refractivity contribution in [3.63, 3.8) is 0 Å². The number of benzene rings is 1. The van der Waals surface area contributed by atoms with E-state index < -0.39 is 5.41 Å². The number of hydrogen-bond acceptors (Lipinski definition) is 4. The molecule has 5 heteroatoms. The maximum absolute atomic E-state index is 12.2. The number of halogens is 1. The number of rotatable bonds is 3. The molecule has 1 saturated heterocycles. The summed E-state index contributed by atoms with van der Waals surface area (Å²) in [7, 11) is 2.07. The molecule has 0 unspecified atom stereocenters. The summed E-state index contributed by atoms with van der Waals surface area (Å²) in [5.41, 5.74) is 0.514. The summed E-state index contributed by atoms with van der Waals surface area (Å²) < 4.78 is 5.13. The molecule has 1 heterocycles. The van der Waals surface area contributed by atoms with E-state index in [0.717, 1.165) is 31.5 Å². The largest absolute Gasteiger partial charge is 0.427 e. The molecule has 0 saturated carbocycles. The van der Waals surface area contributed by atoms with Crippen LogP contribution < -0.4 is 4.74 Å². The van der Waals surface area contributed by atoms with Gasteiger partial charge in [0.2, 0.25) is 0 Å². The standard InChI is InChI=1S/C16H21NO3.ClH/c1-12(18)16(7-9-17(3)10-8-16)14-5-4-6-15(11-14)20-13(2)19;/h4-6,11H,7-10H2,1-3H3;1H. The number of Topliss-reactive ketones (excluding diaryl/α,β-unsaturated/α-hetero) is 1. The number of likely N-dealkylation sites (tertiary alicyclic amines) is 1. The molecule has 0 N–H and O–H groups in total. The highest BCUT2D eigenvalue weighted by molar-refractivity contribution is 5.88. The van der Waals surface area contributed by atoms with Gasteiger partial charge in [0, 0.05) is 6.92 Å². The number of carbonyl (C=O) groups is 2. The summed E-state index contributed by atoms with van der Waals surface area (Å²) >= 11 is 0. The number of ether oxygens (including phenoxy) is 1. The molecular weight excluding hydrogens is 290 g/mol. The monoisotopic (exact) mass is 311 g/mol. The van der Waals surface area contributed by atoms with Crippen LogP contribution in [0.1, 0.15) is 32.3 Å². The molecule has 0 aromatic heterocycles. The van der Waals surface area contributed by atoms with E-state index in [2.05, 4.69) is 11.9 Å². The second-order valence-corrected chi connectivity index (χ2v) is 5.56. The van der Waals surface area contributed by atoms with Gasteiger partial charge in [-0.3, -0.25) is 9.59 Å². The van der Waals surface area contributed by atoms with Crippen LogP contribution in [0.25, 0.3) is 0 Å². The number of nitrogens with zero attached hydrogens (tertiary/aromatic N) is 1. The fourth-order valence-corrected chi connectivity index (χ4v) is 2.87. The molecule has 21 heavy (non-hydrogen) atoms. The van der Waals surface area contributed by atoms with Gasteiger partial charge in [-0.2, -0.15) is 0 Å². The molecule has 1 aromatic rings. The molecule has 0 bridgehead atoms. The second kappa shape index (κ2) is 7.05. The zero-order chi connectivity index (χ0) is 14.8. The predicted molar refractivity (Wildman–Crippen MR) is 84.1 cm³/mol. The fourth-order valence-electron chi connectivity index (χ4n) is 2.87. The minimum atomic E-state index is -0.442. The fraction of sp³-hybridized carbons (Fsp3) is 0.500. The van der Waals surface area contributed by atoms with Crippen molar-refractivity contribution in [1.29, 1.82) is 0 Å². The van der Waals surface area contributed by atoms with Crippen molar-refractivity contribution in [3.05, 3.63) is 29.8 Å². The van der Waals surface area contributed by atoms with Crippen LogP contribution in [0.3, 0.4) is 0 Å². The molecule has 0 atom stereocenters. The SMILES string of the molecule is CC(=O)Oc1cccc(C2(C(C)=O)CCN(C)CC2)c1.Cl. The minimum absolute atomic E-state index is 0. The lowest BCUT2D eigenvalue weighted by molar-refractivity contribution is -0.131. The Kier molecular flexibility index (Phi) is 5.93. The van der Waals surface area contributed by atoms with Crippen molar-refractivity contribution in [2.24, 2.45) is 0 Å². The van der Waals surface area contributed by atoms with Gasteiger partial charge >= 0.3 is 5.97 Å². The first kappa shape index (κ1) is 17.7. The van der Waals surface area contributed by atoms with Crippen LogP contribution in [-0.2, 0) is 15.0 Å². The number of carbonyl (C=O) groups excluding carboxylic acids is 2. The zero-order valence-corrected chi connectivity index (χ0v) is 13.5. The van der Waals surface area contributed by atoms with E-state index in [1.165, 1.54) is 6.92 Å². The van der Waals surface area contributed by atoms with E-state index in [1.807, 2.05) is 18.2 Å². The third-order valence-corrected chi connectivity index (χ3v) is 4.16. The van der Waals surface area contributed by atoms with E-state index in [9.17, 15) is 9.59 Å². The molecule has 0 radical (unpaired) electrons. The first-order valence-corrected chi connectivity index (χ1v) is 6.92. The summed E-state index contributed by atoms with van der Waals surface area (Å²) in [5, 5.41) is 0. The van der Waals surface area contributed by atoms with Gasteiger partial charge in [0.1, 0.15) is 11.5 Å². The number of ketones is 1. The molecule has 1 aliphatic rings. The summed E-state index contributed by atoms with van der Waals surface area (Å²) in [6.45, 7) is 4.83. The summed E-state index contributed by atoms with van der Waals surface area (Å²) in [6, 6.07) is 7.37. The smallest absolute Gasteiger partial charge is 0.308 e. The lowest BCUT2D eigenvalue weighted by Gasteiger charge is -2.39. The Morgan fingerprint density at radius 2 is 1.81 bits per heavy atom. The third kappa shape index (κ3) is 3.83. The van der Waals surface area contributed by atoms with Gasteiger partial charge < -0.3 is 9.64 Å². The van der Waals surface area contributed by atoms with Crippen molar-refractivity contribution in [2.45, 2.75) is 32.1 Å². The Hall–Kier alpha value is -1.39. The van der Waals surface area contributed by atoms with Crippen LogP contribution in [-0.4, -0.2) is 36.8 Å². The average Bonchev–Trinajstić information content (AvgIpc) is 2.39. The van der Waals surface area contributed by atoms with Crippen LogP contribution in [0.4, 0.5) is 0 Å². The first-order chi connectivity index (χ1) is 9.44. The molecule has 1 aromatic carbocycles. The Balaban J connectivity index is 0.00000220. The maximum Gasteiger partial charge on any atom is 0.308 e. The van der Waals surface area contributed by atoms with Crippen LogP contribution in [0, 0.1) is 0 Å². The normalized spacial score (nSPS) is 17.7. The summed E-state index contributed by atoms with van der Waals surface area (Å²) in [5.74, 6) is 0.350. The molecule has 2 rings (SSSR count). The van der Waals surface area contributed by atoms with Gasteiger partial charge in [0.05, 0.1) is 5.41 Å². The van der Waals surface area contributed by atoms with Gasteiger partial charge in [-0.1, -0.05) is 12.1 Å². The van der Waals surface area contributed by atoms with Crippen LogP contribution in [0.5, 0.6) is 5.75 Å².